The van der Waals surface area contributed by atoms with E-state index in [4.69, 9.17) is 14.9 Å². The number of methoxy groups -OCH3 is 1. The molecule has 6 heteroatoms. The normalized spacial score (nSPS) is 11.2. The number of carbonyl (C=O) groups is 1. The molecule has 0 aliphatic rings. The standard InChI is InChI=1S/C12H16BrNO4/c1-12(6-15,7-16)14-11(17)9-5-8(18-2)3-4-10(9)13/h3-5,15-16H,6-7H2,1-2H3,(H,14,17). The van der Waals surface area contributed by atoms with Gasteiger partial charge in [0.1, 0.15) is 5.75 Å². The average molecular weight is 318 g/mol. The van der Waals surface area contributed by atoms with Crippen LogP contribution in [0.4, 0.5) is 0 Å². The summed E-state index contributed by atoms with van der Waals surface area (Å²) in [7, 11) is 1.51. The molecule has 0 aromatic heterocycles. The van der Waals surface area contributed by atoms with E-state index in [-0.39, 0.29) is 13.2 Å². The molecule has 0 saturated heterocycles. The summed E-state index contributed by atoms with van der Waals surface area (Å²) in [6.45, 7) is 0.854. The fourth-order valence-corrected chi connectivity index (χ4v) is 1.70. The predicted octanol–water partition coefficient (Wildman–Crippen LogP) is 0.931. The number of hydrogen-bond donors (Lipinski definition) is 3. The molecular formula is C12H16BrNO4. The largest absolute Gasteiger partial charge is 0.497 e. The number of ether oxygens (including phenoxy) is 1. The van der Waals surface area contributed by atoms with Crippen LogP contribution in [0.1, 0.15) is 17.3 Å². The Morgan fingerprint density at radius 3 is 2.56 bits per heavy atom. The lowest BCUT2D eigenvalue weighted by Crippen LogP contribution is -2.51. The van der Waals surface area contributed by atoms with Crippen molar-refractivity contribution in [2.45, 2.75) is 12.5 Å². The number of aliphatic hydroxyl groups is 2. The zero-order valence-corrected chi connectivity index (χ0v) is 11.8. The van der Waals surface area contributed by atoms with Crippen molar-refractivity contribution in [2.75, 3.05) is 20.3 Å². The number of rotatable bonds is 5. The molecule has 0 aliphatic heterocycles. The third-order valence-corrected chi connectivity index (χ3v) is 3.22. The molecule has 0 saturated carbocycles. The Labute approximate surface area is 114 Å². The van der Waals surface area contributed by atoms with Gasteiger partial charge in [-0.2, -0.15) is 0 Å². The highest BCUT2D eigenvalue weighted by Gasteiger charge is 2.26. The maximum absolute atomic E-state index is 12.0. The van der Waals surface area contributed by atoms with Crippen LogP contribution in [0, 0.1) is 0 Å². The molecule has 1 amide bonds. The molecule has 100 valence electrons. The average Bonchev–Trinajstić information content (AvgIpc) is 2.39. The Bertz CT molecular complexity index is 432. The highest BCUT2D eigenvalue weighted by atomic mass is 79.9. The van der Waals surface area contributed by atoms with Crippen LogP contribution in [0.15, 0.2) is 22.7 Å². The smallest absolute Gasteiger partial charge is 0.253 e. The summed E-state index contributed by atoms with van der Waals surface area (Å²) >= 11 is 3.27. The molecule has 18 heavy (non-hydrogen) atoms. The van der Waals surface area contributed by atoms with Gasteiger partial charge in [0.05, 0.1) is 31.4 Å². The first-order chi connectivity index (χ1) is 8.45. The summed E-state index contributed by atoms with van der Waals surface area (Å²) in [5.41, 5.74) is -0.679. The van der Waals surface area contributed by atoms with Gasteiger partial charge in [0.25, 0.3) is 5.91 Å². The third-order valence-electron chi connectivity index (χ3n) is 2.53. The van der Waals surface area contributed by atoms with Crippen LogP contribution in [0.5, 0.6) is 5.75 Å². The van der Waals surface area contributed by atoms with Gasteiger partial charge < -0.3 is 20.3 Å². The summed E-state index contributed by atoms with van der Waals surface area (Å²) in [6, 6.07) is 5.00. The van der Waals surface area contributed by atoms with Crippen molar-refractivity contribution in [3.63, 3.8) is 0 Å². The first-order valence-corrected chi connectivity index (χ1v) is 6.13. The van der Waals surface area contributed by atoms with Crippen LogP contribution >= 0.6 is 15.9 Å². The number of carbonyl (C=O) groups excluding carboxylic acids is 1. The summed E-state index contributed by atoms with van der Waals surface area (Å²) in [5.74, 6) is 0.157. The van der Waals surface area contributed by atoms with E-state index in [1.807, 2.05) is 0 Å². The van der Waals surface area contributed by atoms with Crippen molar-refractivity contribution >= 4 is 21.8 Å². The molecule has 1 aromatic carbocycles. The summed E-state index contributed by atoms with van der Waals surface area (Å²) in [4.78, 5) is 12.0. The zero-order chi connectivity index (χ0) is 13.8. The maximum Gasteiger partial charge on any atom is 0.253 e. The first-order valence-electron chi connectivity index (χ1n) is 5.33. The molecule has 3 N–H and O–H groups in total. The van der Waals surface area contributed by atoms with Gasteiger partial charge in [0.15, 0.2) is 0 Å². The van der Waals surface area contributed by atoms with Crippen LogP contribution in [-0.2, 0) is 0 Å². The molecule has 0 fully saturated rings. The Morgan fingerprint density at radius 1 is 1.44 bits per heavy atom. The Balaban J connectivity index is 2.97. The lowest BCUT2D eigenvalue weighted by Gasteiger charge is -2.26. The lowest BCUT2D eigenvalue weighted by molar-refractivity contribution is 0.0723. The second kappa shape index (κ2) is 6.17. The quantitative estimate of drug-likeness (QED) is 0.755. The highest BCUT2D eigenvalue weighted by Crippen LogP contribution is 2.22. The summed E-state index contributed by atoms with van der Waals surface area (Å²) in [6.07, 6.45) is 0. The van der Waals surface area contributed by atoms with E-state index in [1.165, 1.54) is 7.11 Å². The third kappa shape index (κ3) is 3.44. The molecule has 1 aromatic rings. The fourth-order valence-electron chi connectivity index (χ4n) is 1.28. The molecule has 0 bridgehead atoms. The molecule has 0 atom stereocenters. The number of halogens is 1. The van der Waals surface area contributed by atoms with E-state index >= 15 is 0 Å². The molecule has 0 heterocycles. The SMILES string of the molecule is COc1ccc(Br)c(C(=O)NC(C)(CO)CO)c1. The van der Waals surface area contributed by atoms with Crippen molar-refractivity contribution in [1.82, 2.24) is 5.32 Å². The van der Waals surface area contributed by atoms with Crippen LogP contribution in [-0.4, -0.2) is 42.0 Å². The Morgan fingerprint density at radius 2 is 2.06 bits per heavy atom. The van der Waals surface area contributed by atoms with Gasteiger partial charge in [0, 0.05) is 4.47 Å². The molecule has 0 aliphatic carbocycles. The van der Waals surface area contributed by atoms with E-state index in [0.717, 1.165) is 0 Å². The van der Waals surface area contributed by atoms with Gasteiger partial charge in [0.2, 0.25) is 0 Å². The van der Waals surface area contributed by atoms with Crippen molar-refractivity contribution in [2.24, 2.45) is 0 Å². The van der Waals surface area contributed by atoms with Gasteiger partial charge in [-0.1, -0.05) is 0 Å². The highest BCUT2D eigenvalue weighted by molar-refractivity contribution is 9.10. The van der Waals surface area contributed by atoms with Crippen molar-refractivity contribution in [3.05, 3.63) is 28.2 Å². The van der Waals surface area contributed by atoms with Gasteiger partial charge in [-0.3, -0.25) is 4.79 Å². The number of hydrogen-bond acceptors (Lipinski definition) is 4. The summed E-state index contributed by atoms with van der Waals surface area (Å²) in [5, 5.41) is 20.9. The van der Waals surface area contributed by atoms with Crippen LogP contribution < -0.4 is 10.1 Å². The second-order valence-corrected chi connectivity index (χ2v) is 5.03. The topological polar surface area (TPSA) is 78.8 Å². The van der Waals surface area contributed by atoms with Gasteiger partial charge in [-0.05, 0) is 41.1 Å². The van der Waals surface area contributed by atoms with Crippen LogP contribution in [0.3, 0.4) is 0 Å². The van der Waals surface area contributed by atoms with Gasteiger partial charge >= 0.3 is 0 Å². The van der Waals surface area contributed by atoms with Crippen molar-refractivity contribution in [1.29, 1.82) is 0 Å². The van der Waals surface area contributed by atoms with Crippen LogP contribution in [0.2, 0.25) is 0 Å². The molecule has 5 nitrogen and oxygen atoms in total. The minimum Gasteiger partial charge on any atom is -0.497 e. The van der Waals surface area contributed by atoms with E-state index < -0.39 is 11.4 Å². The number of aliphatic hydroxyl groups excluding tert-OH is 2. The number of nitrogens with one attached hydrogen (secondary N) is 1. The summed E-state index contributed by atoms with van der Waals surface area (Å²) < 4.78 is 5.65. The maximum atomic E-state index is 12.0. The molecule has 0 radical (unpaired) electrons. The molecular weight excluding hydrogens is 302 g/mol. The van der Waals surface area contributed by atoms with Crippen molar-refractivity contribution < 1.29 is 19.7 Å². The lowest BCUT2D eigenvalue weighted by atomic mass is 10.0. The Hall–Kier alpha value is -1.11. The van der Waals surface area contributed by atoms with Crippen LogP contribution in [0.25, 0.3) is 0 Å². The minimum atomic E-state index is -1.06. The molecule has 1 rings (SSSR count). The number of amides is 1. The Kier molecular flexibility index (Phi) is 5.13. The van der Waals surface area contributed by atoms with E-state index in [9.17, 15) is 4.79 Å². The van der Waals surface area contributed by atoms with Crippen molar-refractivity contribution in [3.8, 4) is 5.75 Å². The van der Waals surface area contributed by atoms with Gasteiger partial charge in [-0.15, -0.1) is 0 Å². The van der Waals surface area contributed by atoms with Gasteiger partial charge in [-0.25, -0.2) is 0 Å². The van der Waals surface area contributed by atoms with E-state index in [1.54, 1.807) is 25.1 Å². The molecule has 0 spiro atoms. The number of benzene rings is 1. The predicted molar refractivity (Wildman–Crippen MR) is 70.7 cm³/mol. The second-order valence-electron chi connectivity index (χ2n) is 4.18. The minimum absolute atomic E-state index is 0.350. The fraction of sp³-hybridized carbons (Fsp3) is 0.417. The molecule has 0 unspecified atom stereocenters. The van der Waals surface area contributed by atoms with E-state index in [2.05, 4.69) is 21.2 Å². The zero-order valence-electron chi connectivity index (χ0n) is 10.2. The first kappa shape index (κ1) is 14.9. The van der Waals surface area contributed by atoms with E-state index in [0.29, 0.717) is 15.8 Å². The monoisotopic (exact) mass is 317 g/mol.